The molecule has 1 aromatic heterocycles. The van der Waals surface area contributed by atoms with Crippen molar-refractivity contribution < 1.29 is 9.53 Å². The van der Waals surface area contributed by atoms with E-state index in [2.05, 4.69) is 10.3 Å². The SMILES string of the molecule is COc1ccccc1[C@H]1C2=C(Nc3c1c(=O)[nH]c(=O)n3C)c1ccccc1C2=O. The number of ketones is 1. The zero-order chi connectivity index (χ0) is 20.3. The number of Topliss-reactive ketones (excluding diaryl/α,β-unsaturated/α-hetero) is 1. The molecule has 0 fully saturated rings. The van der Waals surface area contributed by atoms with Gasteiger partial charge in [0.15, 0.2) is 5.78 Å². The second-order valence-electron chi connectivity index (χ2n) is 7.04. The van der Waals surface area contributed by atoms with E-state index in [1.165, 1.54) is 4.57 Å². The van der Waals surface area contributed by atoms with Crippen molar-refractivity contribution in [3.63, 3.8) is 0 Å². The van der Waals surface area contributed by atoms with Crippen LogP contribution in [0.25, 0.3) is 5.70 Å². The van der Waals surface area contributed by atoms with Gasteiger partial charge in [0.2, 0.25) is 0 Å². The van der Waals surface area contributed by atoms with Gasteiger partial charge in [0.1, 0.15) is 11.6 Å². The van der Waals surface area contributed by atoms with E-state index in [1.807, 2.05) is 36.4 Å². The molecule has 3 aromatic rings. The summed E-state index contributed by atoms with van der Waals surface area (Å²) in [6.07, 6.45) is 0. The Morgan fingerprint density at radius 2 is 1.66 bits per heavy atom. The Morgan fingerprint density at radius 3 is 2.41 bits per heavy atom. The third-order valence-corrected chi connectivity index (χ3v) is 5.59. The Bertz CT molecular complexity index is 1350. The van der Waals surface area contributed by atoms with Crippen molar-refractivity contribution in [2.75, 3.05) is 12.4 Å². The molecule has 0 unspecified atom stereocenters. The second-order valence-corrected chi connectivity index (χ2v) is 7.04. The first-order valence-corrected chi connectivity index (χ1v) is 9.14. The van der Waals surface area contributed by atoms with E-state index in [0.29, 0.717) is 39.5 Å². The van der Waals surface area contributed by atoms with Crippen LogP contribution in [0.15, 0.2) is 63.7 Å². The minimum absolute atomic E-state index is 0.141. The van der Waals surface area contributed by atoms with E-state index in [9.17, 15) is 14.4 Å². The van der Waals surface area contributed by atoms with Crippen molar-refractivity contribution in [2.45, 2.75) is 5.92 Å². The number of methoxy groups -OCH3 is 1. The number of carbonyl (C=O) groups excluding carboxylic acids is 1. The van der Waals surface area contributed by atoms with Crippen LogP contribution in [-0.2, 0) is 7.05 Å². The van der Waals surface area contributed by atoms with Crippen LogP contribution in [0.3, 0.4) is 0 Å². The van der Waals surface area contributed by atoms with E-state index in [-0.39, 0.29) is 5.78 Å². The maximum Gasteiger partial charge on any atom is 0.329 e. The predicted octanol–water partition coefficient (Wildman–Crippen LogP) is 2.25. The summed E-state index contributed by atoms with van der Waals surface area (Å²) in [6, 6.07) is 14.6. The summed E-state index contributed by atoms with van der Waals surface area (Å²) in [7, 11) is 3.13. The Labute approximate surface area is 165 Å². The molecule has 1 aliphatic heterocycles. The molecule has 2 aromatic carbocycles. The third kappa shape index (κ3) is 2.27. The summed E-state index contributed by atoms with van der Waals surface area (Å²) >= 11 is 0. The Kier molecular flexibility index (Phi) is 3.61. The molecule has 2 aliphatic rings. The third-order valence-electron chi connectivity index (χ3n) is 5.59. The number of carbonyl (C=O) groups is 1. The van der Waals surface area contributed by atoms with Crippen LogP contribution in [0, 0.1) is 0 Å². The van der Waals surface area contributed by atoms with Gasteiger partial charge >= 0.3 is 5.69 Å². The summed E-state index contributed by atoms with van der Waals surface area (Å²) < 4.78 is 6.89. The summed E-state index contributed by atoms with van der Waals surface area (Å²) in [5.41, 5.74) is 2.38. The molecule has 0 bridgehead atoms. The van der Waals surface area contributed by atoms with Crippen LogP contribution < -0.4 is 21.3 Å². The fourth-order valence-corrected chi connectivity index (χ4v) is 4.25. The monoisotopic (exact) mass is 387 g/mol. The van der Waals surface area contributed by atoms with E-state index in [1.54, 1.807) is 26.3 Å². The number of allylic oxidation sites excluding steroid dienone is 1. The molecule has 29 heavy (non-hydrogen) atoms. The number of rotatable bonds is 2. The minimum Gasteiger partial charge on any atom is -0.496 e. The summed E-state index contributed by atoms with van der Waals surface area (Å²) in [5.74, 6) is 0.123. The van der Waals surface area contributed by atoms with Gasteiger partial charge in [-0.1, -0.05) is 42.5 Å². The Balaban J connectivity index is 1.90. The quantitative estimate of drug-likeness (QED) is 0.704. The molecule has 5 rings (SSSR count). The number of hydrogen-bond acceptors (Lipinski definition) is 5. The van der Waals surface area contributed by atoms with Crippen molar-refractivity contribution in [3.8, 4) is 5.75 Å². The molecule has 144 valence electrons. The molecule has 7 heteroatoms. The van der Waals surface area contributed by atoms with Crippen LogP contribution in [0.1, 0.15) is 33.0 Å². The lowest BCUT2D eigenvalue weighted by Gasteiger charge is -2.29. The highest BCUT2D eigenvalue weighted by atomic mass is 16.5. The fraction of sp³-hybridized carbons (Fsp3) is 0.136. The first kappa shape index (κ1) is 17.2. The maximum atomic E-state index is 13.4. The van der Waals surface area contributed by atoms with Crippen LogP contribution in [0.2, 0.25) is 0 Å². The van der Waals surface area contributed by atoms with Crippen molar-refractivity contribution in [1.29, 1.82) is 0 Å². The van der Waals surface area contributed by atoms with Crippen molar-refractivity contribution in [2.24, 2.45) is 7.05 Å². The number of fused-ring (bicyclic) bond motifs is 3. The molecule has 2 heterocycles. The number of para-hydroxylation sites is 1. The summed E-state index contributed by atoms with van der Waals surface area (Å²) in [5, 5.41) is 3.19. The molecular formula is C22H17N3O4. The molecule has 0 saturated carbocycles. The number of anilines is 1. The van der Waals surface area contributed by atoms with Gasteiger partial charge in [0, 0.05) is 29.3 Å². The topological polar surface area (TPSA) is 93.2 Å². The average Bonchev–Trinajstić information content (AvgIpc) is 3.03. The van der Waals surface area contributed by atoms with E-state index < -0.39 is 17.2 Å². The number of hydrogen-bond donors (Lipinski definition) is 2. The van der Waals surface area contributed by atoms with Crippen molar-refractivity contribution in [3.05, 3.63) is 97.2 Å². The Morgan fingerprint density at radius 1 is 0.966 bits per heavy atom. The standard InChI is InChI=1S/C22H17N3O4/c1-25-20-17(21(27)24-22(25)28)15(13-9-5-6-10-14(13)29-2)16-18(23-20)11-7-3-4-8-12(11)19(16)26/h3-10,15,23H,1-2H3,(H,24,27,28)/t15-/m0/s1. The molecule has 2 N–H and O–H groups in total. The van der Waals surface area contributed by atoms with Gasteiger partial charge in [-0.15, -0.1) is 0 Å². The number of nitrogens with zero attached hydrogens (tertiary/aromatic N) is 1. The van der Waals surface area contributed by atoms with Gasteiger partial charge in [-0.2, -0.15) is 0 Å². The molecule has 1 atom stereocenters. The van der Waals surface area contributed by atoms with E-state index >= 15 is 0 Å². The fourth-order valence-electron chi connectivity index (χ4n) is 4.25. The lowest BCUT2D eigenvalue weighted by molar-refractivity contribution is 0.103. The van der Waals surface area contributed by atoms with Gasteiger partial charge in [0.05, 0.1) is 24.3 Å². The van der Waals surface area contributed by atoms with Gasteiger partial charge < -0.3 is 10.1 Å². The maximum absolute atomic E-state index is 13.4. The van der Waals surface area contributed by atoms with Gasteiger partial charge in [-0.05, 0) is 6.07 Å². The first-order chi connectivity index (χ1) is 14.0. The zero-order valence-electron chi connectivity index (χ0n) is 15.8. The highest BCUT2D eigenvalue weighted by Gasteiger charge is 2.43. The lowest BCUT2D eigenvalue weighted by atomic mass is 9.81. The van der Waals surface area contributed by atoms with Gasteiger partial charge in [0.25, 0.3) is 5.56 Å². The summed E-state index contributed by atoms with van der Waals surface area (Å²) in [6.45, 7) is 0. The second kappa shape index (κ2) is 6.07. The number of nitrogens with one attached hydrogen (secondary N) is 2. The van der Waals surface area contributed by atoms with Crippen LogP contribution in [-0.4, -0.2) is 22.4 Å². The van der Waals surface area contributed by atoms with Crippen molar-refractivity contribution in [1.82, 2.24) is 9.55 Å². The van der Waals surface area contributed by atoms with E-state index in [4.69, 9.17) is 4.74 Å². The smallest absolute Gasteiger partial charge is 0.329 e. The minimum atomic E-state index is -0.673. The predicted molar refractivity (Wildman–Crippen MR) is 108 cm³/mol. The van der Waals surface area contributed by atoms with Crippen LogP contribution in [0.5, 0.6) is 5.75 Å². The first-order valence-electron chi connectivity index (χ1n) is 9.14. The zero-order valence-corrected chi connectivity index (χ0v) is 15.8. The Hall–Kier alpha value is -3.87. The van der Waals surface area contributed by atoms with Gasteiger partial charge in [-0.3, -0.25) is 19.1 Å². The number of benzene rings is 2. The largest absolute Gasteiger partial charge is 0.496 e. The molecule has 1 aliphatic carbocycles. The average molecular weight is 387 g/mol. The molecular weight excluding hydrogens is 370 g/mol. The number of aromatic amines is 1. The van der Waals surface area contributed by atoms with Crippen LogP contribution >= 0.6 is 0 Å². The highest BCUT2D eigenvalue weighted by Crippen LogP contribution is 2.49. The number of aromatic nitrogens is 2. The number of H-pyrrole nitrogens is 1. The number of ether oxygens (including phenoxy) is 1. The lowest BCUT2D eigenvalue weighted by Crippen LogP contribution is -2.37. The van der Waals surface area contributed by atoms with E-state index in [0.717, 1.165) is 5.56 Å². The normalized spacial score (nSPS) is 16.8. The molecule has 0 spiro atoms. The highest BCUT2D eigenvalue weighted by molar-refractivity contribution is 6.23. The molecule has 0 amide bonds. The van der Waals surface area contributed by atoms with Crippen LogP contribution in [0.4, 0.5) is 5.82 Å². The molecule has 7 nitrogen and oxygen atoms in total. The molecule has 0 radical (unpaired) electrons. The summed E-state index contributed by atoms with van der Waals surface area (Å²) in [4.78, 5) is 40.9. The molecule has 0 saturated heterocycles. The van der Waals surface area contributed by atoms with Gasteiger partial charge in [-0.25, -0.2) is 4.79 Å². The van der Waals surface area contributed by atoms with Crippen molar-refractivity contribution >= 4 is 17.3 Å².